The van der Waals surface area contributed by atoms with Gasteiger partial charge in [0, 0.05) is 19.0 Å². The van der Waals surface area contributed by atoms with Gasteiger partial charge in [-0.05, 0) is 12.8 Å². The van der Waals surface area contributed by atoms with Gasteiger partial charge in [-0.1, -0.05) is 5.16 Å². The Morgan fingerprint density at radius 3 is 2.79 bits per heavy atom. The Kier molecular flexibility index (Phi) is 3.55. The molecule has 0 unspecified atom stereocenters. The number of hydrogen-bond donors (Lipinski definition) is 2. The molecule has 0 heterocycles. The third-order valence-corrected chi connectivity index (χ3v) is 2.13. The maximum absolute atomic E-state index is 11.3. The van der Waals surface area contributed by atoms with Crippen molar-refractivity contribution in [3.8, 4) is 0 Å². The Bertz CT molecular complexity index is 238. The summed E-state index contributed by atoms with van der Waals surface area (Å²) in [6.07, 6.45) is 2.02. The van der Waals surface area contributed by atoms with Crippen LogP contribution in [0.4, 0.5) is 4.79 Å². The number of nitrogens with two attached hydrogens (primary N) is 1. The van der Waals surface area contributed by atoms with Crippen LogP contribution in [-0.2, 0) is 4.74 Å². The molecule has 1 fully saturated rings. The highest BCUT2D eigenvalue weighted by molar-refractivity contribution is 5.80. The summed E-state index contributed by atoms with van der Waals surface area (Å²) in [6.45, 7) is 0.438. The summed E-state index contributed by atoms with van der Waals surface area (Å²) in [6, 6.07) is 0.272. The second-order valence-corrected chi connectivity index (χ2v) is 3.24. The fourth-order valence-corrected chi connectivity index (χ4v) is 1.21. The Hall–Kier alpha value is -1.46. The van der Waals surface area contributed by atoms with Crippen LogP contribution < -0.4 is 5.73 Å². The van der Waals surface area contributed by atoms with Crippen molar-refractivity contribution in [3.05, 3.63) is 0 Å². The van der Waals surface area contributed by atoms with Crippen LogP contribution in [0.15, 0.2) is 5.16 Å². The summed E-state index contributed by atoms with van der Waals surface area (Å²) in [5.41, 5.74) is 5.30. The number of carbonyl (C=O) groups excluding carboxylic acids is 1. The first-order chi connectivity index (χ1) is 6.69. The van der Waals surface area contributed by atoms with E-state index in [1.807, 2.05) is 0 Å². The van der Waals surface area contributed by atoms with Gasteiger partial charge < -0.3 is 20.6 Å². The molecule has 1 saturated carbocycles. The lowest BCUT2D eigenvalue weighted by molar-refractivity contribution is 0.122. The first-order valence-corrected chi connectivity index (χ1v) is 4.50. The smallest absolute Gasteiger partial charge is 0.409 e. The Labute approximate surface area is 82.3 Å². The standard InChI is InChI=1S/C8H15N3O3/c1-14-8(12)11(6-2-3-6)5-4-7(9)10-13/h6,13H,2-5H2,1H3,(H2,9,10). The van der Waals surface area contributed by atoms with Gasteiger partial charge in [-0.15, -0.1) is 0 Å². The zero-order chi connectivity index (χ0) is 10.6. The summed E-state index contributed by atoms with van der Waals surface area (Å²) in [4.78, 5) is 12.9. The number of ether oxygens (including phenoxy) is 1. The SMILES string of the molecule is COC(=O)N(CCC(N)=NO)C1CC1. The number of methoxy groups -OCH3 is 1. The molecule has 0 atom stereocenters. The van der Waals surface area contributed by atoms with Crippen LogP contribution in [0.25, 0.3) is 0 Å². The molecule has 0 spiro atoms. The van der Waals surface area contributed by atoms with E-state index in [1.54, 1.807) is 4.90 Å². The molecular formula is C8H15N3O3. The molecule has 1 rings (SSSR count). The van der Waals surface area contributed by atoms with Gasteiger partial charge in [0.1, 0.15) is 5.84 Å². The van der Waals surface area contributed by atoms with Gasteiger partial charge in [-0.3, -0.25) is 0 Å². The van der Waals surface area contributed by atoms with Gasteiger partial charge in [0.05, 0.1) is 7.11 Å². The molecule has 1 amide bonds. The van der Waals surface area contributed by atoms with E-state index in [1.165, 1.54) is 7.11 Å². The van der Waals surface area contributed by atoms with Crippen LogP contribution in [0.5, 0.6) is 0 Å². The lowest BCUT2D eigenvalue weighted by atomic mass is 10.3. The van der Waals surface area contributed by atoms with E-state index in [0.717, 1.165) is 12.8 Å². The molecule has 0 bridgehead atoms. The summed E-state index contributed by atoms with van der Waals surface area (Å²) in [5, 5.41) is 11.2. The number of nitrogens with zero attached hydrogens (tertiary/aromatic N) is 2. The Morgan fingerprint density at radius 2 is 2.36 bits per heavy atom. The van der Waals surface area contributed by atoms with Crippen molar-refractivity contribution < 1.29 is 14.7 Å². The van der Waals surface area contributed by atoms with Gasteiger partial charge in [0.2, 0.25) is 0 Å². The van der Waals surface area contributed by atoms with Gasteiger partial charge in [-0.2, -0.15) is 0 Å². The van der Waals surface area contributed by atoms with Crippen molar-refractivity contribution in [3.63, 3.8) is 0 Å². The average Bonchev–Trinajstić information content (AvgIpc) is 3.01. The summed E-state index contributed by atoms with van der Waals surface area (Å²) >= 11 is 0. The normalized spacial score (nSPS) is 16.5. The van der Waals surface area contributed by atoms with Gasteiger partial charge >= 0.3 is 6.09 Å². The Morgan fingerprint density at radius 1 is 1.71 bits per heavy atom. The number of rotatable bonds is 4. The minimum atomic E-state index is -0.349. The van der Waals surface area contributed by atoms with Crippen LogP contribution >= 0.6 is 0 Å². The minimum absolute atomic E-state index is 0.125. The van der Waals surface area contributed by atoms with Crippen molar-refractivity contribution in [2.45, 2.75) is 25.3 Å². The fourth-order valence-electron chi connectivity index (χ4n) is 1.21. The first kappa shape index (κ1) is 10.6. The van der Waals surface area contributed by atoms with E-state index in [9.17, 15) is 4.79 Å². The second-order valence-electron chi connectivity index (χ2n) is 3.24. The highest BCUT2D eigenvalue weighted by Gasteiger charge is 2.32. The minimum Gasteiger partial charge on any atom is -0.453 e. The predicted octanol–water partition coefficient (Wildman–Crippen LogP) is 0.354. The molecule has 3 N–H and O–H groups in total. The predicted molar refractivity (Wildman–Crippen MR) is 50.2 cm³/mol. The van der Waals surface area contributed by atoms with Crippen LogP contribution in [0.1, 0.15) is 19.3 Å². The largest absolute Gasteiger partial charge is 0.453 e. The summed E-state index contributed by atoms with van der Waals surface area (Å²) < 4.78 is 4.62. The second kappa shape index (κ2) is 4.69. The molecule has 80 valence electrons. The zero-order valence-electron chi connectivity index (χ0n) is 8.14. The molecule has 0 aromatic rings. The molecule has 0 radical (unpaired) electrons. The van der Waals surface area contributed by atoms with Crippen LogP contribution in [0.3, 0.4) is 0 Å². The molecule has 0 aliphatic heterocycles. The highest BCUT2D eigenvalue weighted by Crippen LogP contribution is 2.27. The van der Waals surface area contributed by atoms with Crippen molar-refractivity contribution in [1.29, 1.82) is 0 Å². The molecule has 0 saturated heterocycles. The topological polar surface area (TPSA) is 88.2 Å². The third-order valence-electron chi connectivity index (χ3n) is 2.13. The van der Waals surface area contributed by atoms with E-state index < -0.39 is 0 Å². The highest BCUT2D eigenvalue weighted by atomic mass is 16.5. The van der Waals surface area contributed by atoms with Crippen molar-refractivity contribution in [2.24, 2.45) is 10.9 Å². The van der Waals surface area contributed by atoms with Crippen LogP contribution in [0, 0.1) is 0 Å². The summed E-state index contributed by atoms with van der Waals surface area (Å²) in [7, 11) is 1.35. The fraction of sp³-hybridized carbons (Fsp3) is 0.750. The molecule has 14 heavy (non-hydrogen) atoms. The quantitative estimate of drug-likeness (QED) is 0.297. The van der Waals surface area contributed by atoms with Gasteiger partial charge in [0.15, 0.2) is 0 Å². The number of amides is 1. The first-order valence-electron chi connectivity index (χ1n) is 4.50. The lowest BCUT2D eigenvalue weighted by Crippen LogP contribution is -2.35. The van der Waals surface area contributed by atoms with Crippen LogP contribution in [0.2, 0.25) is 0 Å². The maximum atomic E-state index is 11.3. The Balaban J connectivity index is 2.39. The van der Waals surface area contributed by atoms with E-state index in [0.29, 0.717) is 13.0 Å². The molecule has 0 aromatic heterocycles. The molecule has 1 aliphatic carbocycles. The molecular weight excluding hydrogens is 186 g/mol. The number of hydrogen-bond acceptors (Lipinski definition) is 4. The van der Waals surface area contributed by atoms with E-state index in [-0.39, 0.29) is 18.0 Å². The number of carbonyl (C=O) groups is 1. The van der Waals surface area contributed by atoms with Crippen LogP contribution in [-0.4, -0.2) is 41.7 Å². The molecule has 1 aliphatic rings. The summed E-state index contributed by atoms with van der Waals surface area (Å²) in [5.74, 6) is 0.125. The number of amidine groups is 1. The van der Waals surface area contributed by atoms with Crippen molar-refractivity contribution in [2.75, 3.05) is 13.7 Å². The third kappa shape index (κ3) is 2.79. The molecule has 6 heteroatoms. The average molecular weight is 201 g/mol. The van der Waals surface area contributed by atoms with Gasteiger partial charge in [0.25, 0.3) is 0 Å². The maximum Gasteiger partial charge on any atom is 0.409 e. The monoisotopic (exact) mass is 201 g/mol. The zero-order valence-corrected chi connectivity index (χ0v) is 8.14. The lowest BCUT2D eigenvalue weighted by Gasteiger charge is -2.19. The van der Waals surface area contributed by atoms with E-state index in [2.05, 4.69) is 9.89 Å². The molecule has 6 nitrogen and oxygen atoms in total. The number of oxime groups is 1. The van der Waals surface area contributed by atoms with E-state index >= 15 is 0 Å². The van der Waals surface area contributed by atoms with Crippen molar-refractivity contribution in [1.82, 2.24) is 4.90 Å². The van der Waals surface area contributed by atoms with Crippen molar-refractivity contribution >= 4 is 11.9 Å². The van der Waals surface area contributed by atoms with Gasteiger partial charge in [-0.25, -0.2) is 4.79 Å². The molecule has 0 aromatic carbocycles. The van der Waals surface area contributed by atoms with E-state index in [4.69, 9.17) is 10.9 Å².